The van der Waals surface area contributed by atoms with Gasteiger partial charge < -0.3 is 10.6 Å². The van der Waals surface area contributed by atoms with Crippen LogP contribution in [-0.4, -0.2) is 23.1 Å². The van der Waals surface area contributed by atoms with Crippen molar-refractivity contribution < 1.29 is 9.18 Å². The Morgan fingerprint density at radius 2 is 2.19 bits per heavy atom. The number of anilines is 1. The van der Waals surface area contributed by atoms with Crippen molar-refractivity contribution in [3.63, 3.8) is 0 Å². The Hall–Kier alpha value is -1.49. The minimum atomic E-state index is -0.368. The zero-order chi connectivity index (χ0) is 15.2. The Labute approximate surface area is 129 Å². The highest BCUT2D eigenvalue weighted by Crippen LogP contribution is 2.25. The normalized spacial score (nSPS) is 14.7. The van der Waals surface area contributed by atoms with E-state index in [0.717, 1.165) is 25.0 Å². The molecule has 0 aromatic heterocycles. The molecule has 5 heteroatoms. The van der Waals surface area contributed by atoms with Crippen LogP contribution in [0.4, 0.5) is 10.1 Å². The van der Waals surface area contributed by atoms with E-state index in [1.54, 1.807) is 6.07 Å². The van der Waals surface area contributed by atoms with E-state index in [2.05, 4.69) is 6.08 Å². The maximum absolute atomic E-state index is 13.3. The van der Waals surface area contributed by atoms with Crippen molar-refractivity contribution in [2.45, 2.75) is 37.5 Å². The minimum absolute atomic E-state index is 0.0680. The molecule has 1 aliphatic rings. The number of carbonyl (C=O) groups excluding carboxylic acids is 1. The number of amides is 1. The number of carbonyl (C=O) groups is 1. The second-order valence-electron chi connectivity index (χ2n) is 5.09. The monoisotopic (exact) mass is 308 g/mol. The van der Waals surface area contributed by atoms with E-state index >= 15 is 0 Å². The summed E-state index contributed by atoms with van der Waals surface area (Å²) in [6.07, 6.45) is 6.52. The lowest BCUT2D eigenvalue weighted by Gasteiger charge is -2.26. The van der Waals surface area contributed by atoms with Gasteiger partial charge in [0.05, 0.1) is 5.75 Å². The van der Waals surface area contributed by atoms with Crippen LogP contribution in [0, 0.1) is 5.82 Å². The highest BCUT2D eigenvalue weighted by molar-refractivity contribution is 8.00. The van der Waals surface area contributed by atoms with E-state index in [0.29, 0.717) is 22.9 Å². The quantitative estimate of drug-likeness (QED) is 0.664. The third-order valence-corrected chi connectivity index (χ3v) is 4.45. The minimum Gasteiger partial charge on any atom is -0.399 e. The Morgan fingerprint density at radius 1 is 1.38 bits per heavy atom. The molecule has 1 aromatic carbocycles. The molecule has 1 amide bonds. The van der Waals surface area contributed by atoms with E-state index in [9.17, 15) is 9.18 Å². The van der Waals surface area contributed by atoms with Gasteiger partial charge in [-0.25, -0.2) is 4.39 Å². The molecule has 0 heterocycles. The van der Waals surface area contributed by atoms with E-state index in [1.165, 1.54) is 30.3 Å². The van der Waals surface area contributed by atoms with Gasteiger partial charge in [0.2, 0.25) is 5.91 Å². The number of hydrogen-bond donors (Lipinski definition) is 1. The van der Waals surface area contributed by atoms with Gasteiger partial charge in [-0.1, -0.05) is 6.08 Å². The van der Waals surface area contributed by atoms with E-state index in [1.807, 2.05) is 11.8 Å². The standard InChI is InChI=1S/C16H21FN2OS/c1-2-19(14-6-4-3-5-7-14)16(20)11-21-15-9-12(17)8-13(18)10-15/h6,8-10H,2-5,7,11,18H2,1H3. The van der Waals surface area contributed by atoms with Gasteiger partial charge in [-0.05, 0) is 50.8 Å². The van der Waals surface area contributed by atoms with Crippen LogP contribution >= 0.6 is 11.8 Å². The highest BCUT2D eigenvalue weighted by Gasteiger charge is 2.18. The van der Waals surface area contributed by atoms with E-state index < -0.39 is 0 Å². The molecule has 2 rings (SSSR count). The number of thioether (sulfide) groups is 1. The van der Waals surface area contributed by atoms with Gasteiger partial charge in [0, 0.05) is 22.8 Å². The van der Waals surface area contributed by atoms with Crippen molar-refractivity contribution in [2.24, 2.45) is 0 Å². The first-order valence-electron chi connectivity index (χ1n) is 7.28. The zero-order valence-electron chi connectivity index (χ0n) is 12.3. The molecular formula is C16H21FN2OS. The highest BCUT2D eigenvalue weighted by atomic mass is 32.2. The third kappa shape index (κ3) is 4.49. The second-order valence-corrected chi connectivity index (χ2v) is 6.14. The largest absolute Gasteiger partial charge is 0.399 e. The van der Waals surface area contributed by atoms with Gasteiger partial charge in [0.25, 0.3) is 0 Å². The first-order valence-corrected chi connectivity index (χ1v) is 8.27. The van der Waals surface area contributed by atoms with Gasteiger partial charge in [0.15, 0.2) is 0 Å². The summed E-state index contributed by atoms with van der Waals surface area (Å²) in [5.41, 5.74) is 7.13. The van der Waals surface area contributed by atoms with Crippen LogP contribution in [0.25, 0.3) is 0 Å². The molecule has 0 aliphatic heterocycles. The second kappa shape index (κ2) is 7.50. The van der Waals surface area contributed by atoms with Crippen molar-refractivity contribution in [1.29, 1.82) is 0 Å². The van der Waals surface area contributed by atoms with Gasteiger partial charge in [-0.2, -0.15) is 0 Å². The number of benzene rings is 1. The number of halogens is 1. The number of nitrogens with two attached hydrogens (primary N) is 1. The molecule has 114 valence electrons. The molecule has 0 fully saturated rings. The fourth-order valence-corrected chi connectivity index (χ4v) is 3.36. The average molecular weight is 308 g/mol. The van der Waals surface area contributed by atoms with Crippen molar-refractivity contribution in [2.75, 3.05) is 18.0 Å². The predicted molar refractivity (Wildman–Crippen MR) is 85.5 cm³/mol. The molecule has 3 nitrogen and oxygen atoms in total. The van der Waals surface area contributed by atoms with Gasteiger partial charge in [-0.15, -0.1) is 11.8 Å². The molecule has 0 spiro atoms. The summed E-state index contributed by atoms with van der Waals surface area (Å²) >= 11 is 1.33. The van der Waals surface area contributed by atoms with Crippen LogP contribution in [0.2, 0.25) is 0 Å². The van der Waals surface area contributed by atoms with E-state index in [4.69, 9.17) is 5.73 Å². The average Bonchev–Trinajstić information content (AvgIpc) is 2.46. The smallest absolute Gasteiger partial charge is 0.237 e. The molecule has 0 radical (unpaired) electrons. The predicted octanol–water partition coefficient (Wildman–Crippen LogP) is 3.81. The summed E-state index contributed by atoms with van der Waals surface area (Å²) in [5.74, 6) is -0.000539. The number of nitrogen functional groups attached to an aromatic ring is 1. The molecular weight excluding hydrogens is 287 g/mol. The third-order valence-electron chi connectivity index (χ3n) is 3.49. The Kier molecular flexibility index (Phi) is 5.67. The number of rotatable bonds is 5. The molecule has 1 aromatic rings. The summed E-state index contributed by atoms with van der Waals surface area (Å²) < 4.78 is 13.3. The van der Waals surface area contributed by atoms with Gasteiger partial charge in [0.1, 0.15) is 5.82 Å². The molecule has 21 heavy (non-hydrogen) atoms. The van der Waals surface area contributed by atoms with Crippen LogP contribution in [0.5, 0.6) is 0 Å². The van der Waals surface area contributed by atoms with Crippen molar-refractivity contribution in [1.82, 2.24) is 4.90 Å². The topological polar surface area (TPSA) is 46.3 Å². The van der Waals surface area contributed by atoms with Crippen molar-refractivity contribution in [3.05, 3.63) is 35.8 Å². The van der Waals surface area contributed by atoms with Crippen LogP contribution in [0.3, 0.4) is 0 Å². The summed E-state index contributed by atoms with van der Waals surface area (Å²) in [6.45, 7) is 2.66. The summed E-state index contributed by atoms with van der Waals surface area (Å²) in [7, 11) is 0. The fraction of sp³-hybridized carbons (Fsp3) is 0.438. The van der Waals surface area contributed by atoms with Crippen LogP contribution in [-0.2, 0) is 4.79 Å². The van der Waals surface area contributed by atoms with Crippen LogP contribution in [0.1, 0.15) is 32.6 Å². The molecule has 0 atom stereocenters. The fourth-order valence-electron chi connectivity index (χ4n) is 2.50. The van der Waals surface area contributed by atoms with Crippen LogP contribution < -0.4 is 5.73 Å². The first kappa shape index (κ1) is 15.9. The molecule has 0 saturated heterocycles. The number of allylic oxidation sites excluding steroid dienone is 2. The maximum Gasteiger partial charge on any atom is 0.237 e. The van der Waals surface area contributed by atoms with Gasteiger partial charge >= 0.3 is 0 Å². The van der Waals surface area contributed by atoms with Crippen molar-refractivity contribution in [3.8, 4) is 0 Å². The maximum atomic E-state index is 13.3. The van der Waals surface area contributed by atoms with E-state index in [-0.39, 0.29) is 11.7 Å². The lowest BCUT2D eigenvalue weighted by atomic mass is 10.0. The number of hydrogen-bond acceptors (Lipinski definition) is 3. The SMILES string of the molecule is CCN(C(=O)CSc1cc(N)cc(F)c1)C1=CCCCC1. The Morgan fingerprint density at radius 3 is 2.81 bits per heavy atom. The molecule has 2 N–H and O–H groups in total. The Bertz CT molecular complexity index is 525. The summed E-state index contributed by atoms with van der Waals surface area (Å²) in [5, 5.41) is 0. The summed E-state index contributed by atoms with van der Waals surface area (Å²) in [6, 6.07) is 4.37. The molecule has 0 saturated carbocycles. The first-order chi connectivity index (χ1) is 10.1. The lowest BCUT2D eigenvalue weighted by molar-refractivity contribution is -0.126. The lowest BCUT2D eigenvalue weighted by Crippen LogP contribution is -2.32. The molecule has 0 unspecified atom stereocenters. The zero-order valence-corrected chi connectivity index (χ0v) is 13.1. The van der Waals surface area contributed by atoms with Crippen LogP contribution in [0.15, 0.2) is 34.9 Å². The summed E-state index contributed by atoms with van der Waals surface area (Å²) in [4.78, 5) is 14.9. The van der Waals surface area contributed by atoms with Gasteiger partial charge in [-0.3, -0.25) is 4.79 Å². The molecule has 0 bridgehead atoms. The number of nitrogens with zero attached hydrogens (tertiary/aromatic N) is 1. The molecule has 1 aliphatic carbocycles. The Balaban J connectivity index is 1.97. The van der Waals surface area contributed by atoms with Crippen molar-refractivity contribution >= 4 is 23.4 Å².